The minimum atomic E-state index is -0.806. The van der Waals surface area contributed by atoms with E-state index in [0.717, 1.165) is 96.3 Å². The number of unbranched alkanes of at least 4 members (excludes halogenated alkanes) is 18. The lowest BCUT2D eigenvalue weighted by Crippen LogP contribution is -2.46. The predicted molar refractivity (Wildman–Crippen MR) is 264 cm³/mol. The van der Waals surface area contributed by atoms with Crippen LogP contribution in [0.5, 0.6) is 0 Å². The molecule has 3 N–H and O–H groups in total. The fourth-order valence-corrected chi connectivity index (χ4v) is 7.16. The van der Waals surface area contributed by atoms with Gasteiger partial charge >= 0.3 is 5.97 Å². The number of hydrogen-bond donors (Lipinski definition) is 3. The molecule has 0 bridgehead atoms. The summed E-state index contributed by atoms with van der Waals surface area (Å²) in [5.74, 6) is -0.599. The standard InChI is InChI=1S/C55H95NO5/c1-4-7-10-13-16-19-21-23-25-26-27-28-30-32-34-36-39-42-45-48-55(60)61-51(46-43-40-37-18-15-12-9-6-3)49-54(59)56-52(50-57)53(58)47-44-41-38-35-33-31-29-24-22-20-17-14-11-8-5-2/h7,10,12,15-16,19,23,25,27-28,32,34,39,42,51-53,57-58H,4-6,8-9,11,13-14,17-18,20-22,24,26,29-31,33,35-38,40-41,43-50H2,1-3H3,(H,56,59)/b10-7-,15-12-,19-16-,25-23-,28-27-,34-32-,42-39-. The molecule has 0 fully saturated rings. The highest BCUT2D eigenvalue weighted by molar-refractivity contribution is 5.77. The molecule has 6 nitrogen and oxygen atoms in total. The van der Waals surface area contributed by atoms with Gasteiger partial charge in [-0.1, -0.05) is 215 Å². The van der Waals surface area contributed by atoms with Crippen molar-refractivity contribution in [2.24, 2.45) is 0 Å². The van der Waals surface area contributed by atoms with Crippen LogP contribution in [0.25, 0.3) is 0 Å². The molecule has 0 saturated carbocycles. The number of amides is 1. The lowest BCUT2D eigenvalue weighted by atomic mass is 10.0. The number of nitrogens with one attached hydrogen (secondary N) is 1. The summed E-state index contributed by atoms with van der Waals surface area (Å²) in [5.41, 5.74) is 0. The first-order valence-corrected chi connectivity index (χ1v) is 25.3. The molecule has 0 heterocycles. The number of aliphatic hydroxyl groups is 2. The molecule has 0 spiro atoms. The van der Waals surface area contributed by atoms with E-state index in [1.807, 2.05) is 6.08 Å². The molecule has 0 radical (unpaired) electrons. The molecule has 350 valence electrons. The molecule has 61 heavy (non-hydrogen) atoms. The number of carbonyl (C=O) groups excluding carboxylic acids is 2. The zero-order valence-electron chi connectivity index (χ0n) is 39.8. The minimum absolute atomic E-state index is 0.0320. The average molecular weight is 850 g/mol. The first-order chi connectivity index (χ1) is 30.0. The van der Waals surface area contributed by atoms with Crippen LogP contribution in [0.15, 0.2) is 85.1 Å². The Balaban J connectivity index is 4.54. The highest BCUT2D eigenvalue weighted by atomic mass is 16.5. The highest BCUT2D eigenvalue weighted by Crippen LogP contribution is 2.17. The Morgan fingerprint density at radius 3 is 1.41 bits per heavy atom. The number of esters is 1. The fourth-order valence-electron chi connectivity index (χ4n) is 7.16. The number of rotatable bonds is 44. The van der Waals surface area contributed by atoms with Gasteiger partial charge in [-0.15, -0.1) is 0 Å². The van der Waals surface area contributed by atoms with Crippen LogP contribution in [0.3, 0.4) is 0 Å². The number of allylic oxidation sites excluding steroid dienone is 14. The second kappa shape index (κ2) is 48.1. The summed E-state index contributed by atoms with van der Waals surface area (Å²) in [5, 5.41) is 23.7. The van der Waals surface area contributed by atoms with Gasteiger partial charge in [-0.3, -0.25) is 9.59 Å². The predicted octanol–water partition coefficient (Wildman–Crippen LogP) is 15.2. The highest BCUT2D eigenvalue weighted by Gasteiger charge is 2.24. The van der Waals surface area contributed by atoms with E-state index in [9.17, 15) is 19.8 Å². The Morgan fingerprint density at radius 1 is 0.492 bits per heavy atom. The van der Waals surface area contributed by atoms with Crippen molar-refractivity contribution in [1.82, 2.24) is 5.32 Å². The van der Waals surface area contributed by atoms with Gasteiger partial charge in [0.15, 0.2) is 0 Å². The van der Waals surface area contributed by atoms with Gasteiger partial charge in [0.1, 0.15) is 6.10 Å². The molecule has 0 aromatic carbocycles. The molecule has 6 heteroatoms. The molecule has 3 unspecified atom stereocenters. The summed E-state index contributed by atoms with van der Waals surface area (Å²) < 4.78 is 5.85. The van der Waals surface area contributed by atoms with Crippen LogP contribution >= 0.6 is 0 Å². The number of aliphatic hydroxyl groups excluding tert-OH is 2. The van der Waals surface area contributed by atoms with Crippen LogP contribution in [0.2, 0.25) is 0 Å². The van der Waals surface area contributed by atoms with Gasteiger partial charge in [-0.2, -0.15) is 0 Å². The Kier molecular flexibility index (Phi) is 45.7. The number of carbonyl (C=O) groups is 2. The molecule has 0 aliphatic carbocycles. The maximum Gasteiger partial charge on any atom is 0.306 e. The first kappa shape index (κ1) is 58.0. The van der Waals surface area contributed by atoms with E-state index in [2.05, 4.69) is 105 Å². The molecule has 1 amide bonds. The van der Waals surface area contributed by atoms with Crippen molar-refractivity contribution in [1.29, 1.82) is 0 Å². The largest absolute Gasteiger partial charge is 0.462 e. The third kappa shape index (κ3) is 43.5. The molecule has 0 aromatic rings. The van der Waals surface area contributed by atoms with E-state index in [1.165, 1.54) is 77.0 Å². The first-order valence-electron chi connectivity index (χ1n) is 25.3. The van der Waals surface area contributed by atoms with Crippen molar-refractivity contribution in [3.63, 3.8) is 0 Å². The molecule has 0 saturated heterocycles. The third-order valence-electron chi connectivity index (χ3n) is 11.0. The second-order valence-corrected chi connectivity index (χ2v) is 16.8. The molecule has 0 rings (SSSR count). The van der Waals surface area contributed by atoms with Crippen molar-refractivity contribution in [2.75, 3.05) is 6.61 Å². The van der Waals surface area contributed by atoms with Gasteiger partial charge in [0.05, 0.1) is 25.2 Å². The number of hydrogen-bond acceptors (Lipinski definition) is 5. The minimum Gasteiger partial charge on any atom is -0.462 e. The van der Waals surface area contributed by atoms with Crippen molar-refractivity contribution in [3.8, 4) is 0 Å². The summed E-state index contributed by atoms with van der Waals surface area (Å²) in [6, 6.07) is -0.724. The van der Waals surface area contributed by atoms with E-state index < -0.39 is 18.2 Å². The van der Waals surface area contributed by atoms with E-state index >= 15 is 0 Å². The van der Waals surface area contributed by atoms with Crippen LogP contribution in [-0.4, -0.2) is 46.9 Å². The maximum atomic E-state index is 13.1. The summed E-state index contributed by atoms with van der Waals surface area (Å²) >= 11 is 0. The van der Waals surface area contributed by atoms with Gasteiger partial charge in [-0.25, -0.2) is 0 Å². The maximum absolute atomic E-state index is 13.1. The molecule has 0 aliphatic heterocycles. The van der Waals surface area contributed by atoms with E-state index in [4.69, 9.17) is 4.74 Å². The SMILES string of the molecule is CC/C=C\C/C=C\C/C=C\C/C=C\C/C=C\C/C=C\CCC(=O)OC(CCCCC/C=C\CCC)CC(=O)NC(CO)C(O)CCCCCCCCCCCCCCCCC. The zero-order chi connectivity index (χ0) is 44.5. The monoisotopic (exact) mass is 850 g/mol. The molecular formula is C55H95NO5. The quantitative estimate of drug-likeness (QED) is 0.0322. The Morgan fingerprint density at radius 2 is 0.918 bits per heavy atom. The van der Waals surface area contributed by atoms with Gasteiger partial charge < -0.3 is 20.3 Å². The summed E-state index contributed by atoms with van der Waals surface area (Å²) in [6.07, 6.45) is 62.4. The lowest BCUT2D eigenvalue weighted by molar-refractivity contribution is -0.150. The van der Waals surface area contributed by atoms with Crippen LogP contribution in [0.4, 0.5) is 0 Å². The summed E-state index contributed by atoms with van der Waals surface area (Å²) in [6.45, 7) is 6.27. The molecular weight excluding hydrogens is 755 g/mol. The van der Waals surface area contributed by atoms with Gasteiger partial charge in [0.25, 0.3) is 0 Å². The van der Waals surface area contributed by atoms with E-state index in [1.54, 1.807) is 0 Å². The lowest BCUT2D eigenvalue weighted by Gasteiger charge is -2.24. The van der Waals surface area contributed by atoms with Crippen LogP contribution in [-0.2, 0) is 14.3 Å². The van der Waals surface area contributed by atoms with Crippen molar-refractivity contribution in [2.45, 2.75) is 244 Å². The third-order valence-corrected chi connectivity index (χ3v) is 11.0. The van der Waals surface area contributed by atoms with Gasteiger partial charge in [0.2, 0.25) is 5.91 Å². The second-order valence-electron chi connectivity index (χ2n) is 16.8. The fraction of sp³-hybridized carbons (Fsp3) is 0.709. The van der Waals surface area contributed by atoms with Crippen LogP contribution in [0.1, 0.15) is 226 Å². The van der Waals surface area contributed by atoms with Crippen molar-refractivity contribution in [3.05, 3.63) is 85.1 Å². The average Bonchev–Trinajstić information content (AvgIpc) is 3.25. The van der Waals surface area contributed by atoms with Crippen molar-refractivity contribution < 1.29 is 24.5 Å². The molecule has 0 aliphatic rings. The normalized spacial score (nSPS) is 14.0. The van der Waals surface area contributed by atoms with Crippen molar-refractivity contribution >= 4 is 11.9 Å². The Labute approximate surface area is 376 Å². The van der Waals surface area contributed by atoms with Crippen LogP contribution in [0, 0.1) is 0 Å². The van der Waals surface area contributed by atoms with E-state index in [-0.39, 0.29) is 31.3 Å². The molecule has 3 atom stereocenters. The topological polar surface area (TPSA) is 95.9 Å². The summed E-state index contributed by atoms with van der Waals surface area (Å²) in [4.78, 5) is 26.0. The smallest absolute Gasteiger partial charge is 0.306 e. The number of ether oxygens (including phenoxy) is 1. The summed E-state index contributed by atoms with van der Waals surface area (Å²) in [7, 11) is 0. The Hall–Kier alpha value is -2.96. The molecule has 0 aromatic heterocycles. The zero-order valence-corrected chi connectivity index (χ0v) is 39.8. The van der Waals surface area contributed by atoms with E-state index in [0.29, 0.717) is 19.3 Å². The Bertz CT molecular complexity index is 1180. The van der Waals surface area contributed by atoms with Crippen LogP contribution < -0.4 is 5.32 Å². The van der Waals surface area contributed by atoms with Gasteiger partial charge in [0, 0.05) is 6.42 Å². The van der Waals surface area contributed by atoms with Gasteiger partial charge in [-0.05, 0) is 83.5 Å².